The summed E-state index contributed by atoms with van der Waals surface area (Å²) in [6, 6.07) is 6.59. The average molecular weight is 391 g/mol. The SMILES string of the molecule is CCN(Cc1cn(CC)nc1C)S(=O)(=O)c1ccc(N2CCCC2=O)cc1. The van der Waals surface area contributed by atoms with E-state index in [4.69, 9.17) is 0 Å². The van der Waals surface area contributed by atoms with Gasteiger partial charge >= 0.3 is 0 Å². The number of carbonyl (C=O) groups excluding carboxylic acids is 1. The van der Waals surface area contributed by atoms with Gasteiger partial charge in [-0.1, -0.05) is 6.92 Å². The van der Waals surface area contributed by atoms with Crippen LogP contribution in [0, 0.1) is 6.92 Å². The summed E-state index contributed by atoms with van der Waals surface area (Å²) in [5, 5.41) is 4.39. The van der Waals surface area contributed by atoms with Crippen LogP contribution in [-0.2, 0) is 27.9 Å². The fourth-order valence-electron chi connectivity index (χ4n) is 3.30. The van der Waals surface area contributed by atoms with Gasteiger partial charge in [-0.3, -0.25) is 9.48 Å². The summed E-state index contributed by atoms with van der Waals surface area (Å²) < 4.78 is 29.4. The molecule has 2 aromatic rings. The predicted octanol–water partition coefficient (Wildman–Crippen LogP) is 2.55. The number of amides is 1. The highest BCUT2D eigenvalue weighted by molar-refractivity contribution is 7.89. The van der Waals surface area contributed by atoms with E-state index in [0.717, 1.165) is 29.9 Å². The van der Waals surface area contributed by atoms with Crippen molar-refractivity contribution >= 4 is 21.6 Å². The lowest BCUT2D eigenvalue weighted by molar-refractivity contribution is -0.117. The number of nitrogens with zero attached hydrogens (tertiary/aromatic N) is 4. The van der Waals surface area contributed by atoms with Crippen molar-refractivity contribution in [3.63, 3.8) is 0 Å². The molecule has 0 spiro atoms. The molecule has 0 radical (unpaired) electrons. The maximum absolute atomic E-state index is 13.1. The van der Waals surface area contributed by atoms with Gasteiger partial charge in [0.25, 0.3) is 0 Å². The van der Waals surface area contributed by atoms with Crippen LogP contribution in [0.5, 0.6) is 0 Å². The first-order valence-corrected chi connectivity index (χ1v) is 10.7. The Hall–Kier alpha value is -2.19. The van der Waals surface area contributed by atoms with Gasteiger partial charge in [-0.15, -0.1) is 0 Å². The fraction of sp³-hybridized carbons (Fsp3) is 0.474. The molecule has 1 amide bonds. The molecular weight excluding hydrogens is 364 g/mol. The normalized spacial score (nSPS) is 15.1. The maximum Gasteiger partial charge on any atom is 0.243 e. The van der Waals surface area contributed by atoms with E-state index in [1.807, 2.05) is 31.6 Å². The third kappa shape index (κ3) is 3.91. The molecule has 1 aromatic carbocycles. The minimum Gasteiger partial charge on any atom is -0.312 e. The van der Waals surface area contributed by atoms with Crippen LogP contribution < -0.4 is 4.90 Å². The van der Waals surface area contributed by atoms with Gasteiger partial charge in [-0.25, -0.2) is 8.42 Å². The number of aryl methyl sites for hydroxylation is 2. The van der Waals surface area contributed by atoms with Crippen molar-refractivity contribution in [2.45, 2.75) is 51.6 Å². The van der Waals surface area contributed by atoms with Crippen LogP contribution >= 0.6 is 0 Å². The maximum atomic E-state index is 13.1. The average Bonchev–Trinajstić information content (AvgIpc) is 3.24. The fourth-order valence-corrected chi connectivity index (χ4v) is 4.73. The Morgan fingerprint density at radius 3 is 2.41 bits per heavy atom. The summed E-state index contributed by atoms with van der Waals surface area (Å²) in [5.74, 6) is 0.0872. The molecular formula is C19H26N4O3S. The van der Waals surface area contributed by atoms with E-state index in [1.165, 1.54) is 4.31 Å². The number of hydrogen-bond acceptors (Lipinski definition) is 4. The van der Waals surface area contributed by atoms with Gasteiger partial charge in [0.1, 0.15) is 0 Å². The minimum atomic E-state index is -3.62. The number of benzene rings is 1. The molecule has 1 fully saturated rings. The highest BCUT2D eigenvalue weighted by Crippen LogP contribution is 2.25. The molecule has 0 unspecified atom stereocenters. The first kappa shape index (κ1) is 19.6. The zero-order chi connectivity index (χ0) is 19.6. The lowest BCUT2D eigenvalue weighted by Crippen LogP contribution is -2.30. The minimum absolute atomic E-state index is 0.0872. The molecule has 3 rings (SSSR count). The molecule has 1 aromatic heterocycles. The number of rotatable bonds is 7. The molecule has 0 aliphatic carbocycles. The van der Waals surface area contributed by atoms with Gasteiger partial charge in [0.15, 0.2) is 0 Å². The van der Waals surface area contributed by atoms with Crippen LogP contribution in [0.4, 0.5) is 5.69 Å². The van der Waals surface area contributed by atoms with Crippen molar-refractivity contribution in [3.05, 3.63) is 41.7 Å². The molecule has 0 bridgehead atoms. The van der Waals surface area contributed by atoms with E-state index in [9.17, 15) is 13.2 Å². The van der Waals surface area contributed by atoms with Crippen molar-refractivity contribution in [1.82, 2.24) is 14.1 Å². The largest absolute Gasteiger partial charge is 0.312 e. The van der Waals surface area contributed by atoms with Crippen molar-refractivity contribution in [3.8, 4) is 0 Å². The second kappa shape index (κ2) is 7.82. The summed E-state index contributed by atoms with van der Waals surface area (Å²) in [4.78, 5) is 13.8. The first-order chi connectivity index (χ1) is 12.9. The topological polar surface area (TPSA) is 75.5 Å². The molecule has 2 heterocycles. The lowest BCUT2D eigenvalue weighted by atomic mass is 10.2. The summed E-state index contributed by atoms with van der Waals surface area (Å²) in [7, 11) is -3.62. The van der Waals surface area contributed by atoms with Crippen molar-refractivity contribution < 1.29 is 13.2 Å². The van der Waals surface area contributed by atoms with Crippen molar-refractivity contribution in [2.24, 2.45) is 0 Å². The van der Waals surface area contributed by atoms with Crippen LogP contribution in [0.2, 0.25) is 0 Å². The van der Waals surface area contributed by atoms with Gasteiger partial charge in [-0.2, -0.15) is 9.40 Å². The Morgan fingerprint density at radius 1 is 1.19 bits per heavy atom. The van der Waals surface area contributed by atoms with Crippen LogP contribution in [0.3, 0.4) is 0 Å². The third-order valence-corrected chi connectivity index (χ3v) is 6.87. The highest BCUT2D eigenvalue weighted by Gasteiger charge is 2.26. The quantitative estimate of drug-likeness (QED) is 0.728. The highest BCUT2D eigenvalue weighted by atomic mass is 32.2. The Bertz CT molecular complexity index is 919. The smallest absolute Gasteiger partial charge is 0.243 e. The Labute approximate surface area is 160 Å². The van der Waals surface area contributed by atoms with E-state index >= 15 is 0 Å². The van der Waals surface area contributed by atoms with Crippen LogP contribution in [0.15, 0.2) is 35.4 Å². The molecule has 0 N–H and O–H groups in total. The first-order valence-electron chi connectivity index (χ1n) is 9.30. The molecule has 1 aliphatic rings. The second-order valence-corrected chi connectivity index (χ2v) is 8.61. The van der Waals surface area contributed by atoms with Gasteiger partial charge in [0.05, 0.1) is 10.6 Å². The summed E-state index contributed by atoms with van der Waals surface area (Å²) >= 11 is 0. The molecule has 1 saturated heterocycles. The van der Waals surface area contributed by atoms with Crippen LogP contribution in [-0.4, -0.2) is 41.5 Å². The van der Waals surface area contributed by atoms with Gasteiger partial charge in [0.2, 0.25) is 15.9 Å². The summed E-state index contributed by atoms with van der Waals surface area (Å²) in [6.45, 7) is 7.81. The molecule has 27 heavy (non-hydrogen) atoms. The molecule has 1 aliphatic heterocycles. The molecule has 146 valence electrons. The molecule has 0 atom stereocenters. The van der Waals surface area contributed by atoms with Crippen molar-refractivity contribution in [2.75, 3.05) is 18.0 Å². The molecule has 0 saturated carbocycles. The monoisotopic (exact) mass is 390 g/mol. The molecule has 7 nitrogen and oxygen atoms in total. The Kier molecular flexibility index (Phi) is 5.67. The van der Waals surface area contributed by atoms with E-state index in [2.05, 4.69) is 5.10 Å². The van der Waals surface area contributed by atoms with Crippen LogP contribution in [0.1, 0.15) is 37.9 Å². The van der Waals surface area contributed by atoms with E-state index in [-0.39, 0.29) is 17.3 Å². The van der Waals surface area contributed by atoms with E-state index in [0.29, 0.717) is 19.5 Å². The number of carbonyl (C=O) groups is 1. The number of anilines is 1. The standard InChI is InChI=1S/C19H26N4O3S/c1-4-21-13-16(15(3)20-21)14-22(5-2)27(25,26)18-10-8-17(9-11-18)23-12-6-7-19(23)24/h8-11,13H,4-7,12,14H2,1-3H3. The zero-order valence-electron chi connectivity index (χ0n) is 16.1. The Morgan fingerprint density at radius 2 is 1.89 bits per heavy atom. The van der Waals surface area contributed by atoms with Crippen molar-refractivity contribution in [1.29, 1.82) is 0 Å². The van der Waals surface area contributed by atoms with Gasteiger partial charge in [0, 0.05) is 50.0 Å². The van der Waals surface area contributed by atoms with Crippen LogP contribution in [0.25, 0.3) is 0 Å². The number of hydrogen-bond donors (Lipinski definition) is 0. The molecule has 8 heteroatoms. The number of aromatic nitrogens is 2. The zero-order valence-corrected chi connectivity index (χ0v) is 16.9. The number of sulfonamides is 1. The van der Waals surface area contributed by atoms with E-state index < -0.39 is 10.0 Å². The summed E-state index contributed by atoms with van der Waals surface area (Å²) in [5.41, 5.74) is 2.49. The van der Waals surface area contributed by atoms with Gasteiger partial charge in [-0.05, 0) is 44.5 Å². The predicted molar refractivity (Wildman–Crippen MR) is 104 cm³/mol. The third-order valence-electron chi connectivity index (χ3n) is 4.93. The summed E-state index contributed by atoms with van der Waals surface area (Å²) in [6.07, 6.45) is 3.29. The van der Waals surface area contributed by atoms with Gasteiger partial charge < -0.3 is 4.90 Å². The second-order valence-electron chi connectivity index (χ2n) is 6.67. The lowest BCUT2D eigenvalue weighted by Gasteiger charge is -2.21. The Balaban J connectivity index is 1.82. The van der Waals surface area contributed by atoms with E-state index in [1.54, 1.807) is 29.2 Å².